The van der Waals surface area contributed by atoms with E-state index in [1.807, 2.05) is 13.8 Å². The van der Waals surface area contributed by atoms with Gasteiger partial charge in [0.05, 0.1) is 38.6 Å². The van der Waals surface area contributed by atoms with E-state index in [9.17, 15) is 10.4 Å². The largest absolute Gasteiger partial charge is 0.493 e. The van der Waals surface area contributed by atoms with Crippen LogP contribution < -0.4 is 30.4 Å². The van der Waals surface area contributed by atoms with Gasteiger partial charge in [0.1, 0.15) is 0 Å². The Bertz CT molecular complexity index is 2370. The molecule has 1 atom stereocenters. The van der Waals surface area contributed by atoms with Crippen molar-refractivity contribution in [1.82, 2.24) is 19.6 Å². The molecule has 0 saturated carbocycles. The van der Waals surface area contributed by atoms with Gasteiger partial charge in [-0.2, -0.15) is 0 Å². The molecule has 3 aliphatic heterocycles. The monoisotopic (exact) mass is 899 g/mol. The van der Waals surface area contributed by atoms with Gasteiger partial charge in [-0.25, -0.2) is 0 Å². The number of nitrogens with zero attached hydrogens (tertiary/aromatic N) is 6. The normalized spacial score (nSPS) is 22.0. The van der Waals surface area contributed by atoms with Crippen LogP contribution in [0.15, 0.2) is 22.4 Å². The maximum atomic E-state index is 10.1. The van der Waals surface area contributed by atoms with E-state index in [-0.39, 0.29) is 34.0 Å². The highest BCUT2D eigenvalue weighted by atomic mass is 16.6. The Hall–Kier alpha value is -4.84. The zero-order chi connectivity index (χ0) is 46.6. The molecule has 65 heavy (non-hydrogen) atoms. The predicted octanol–water partition coefficient (Wildman–Crippen LogP) is 5.58. The lowest BCUT2D eigenvalue weighted by molar-refractivity contribution is 0.0928. The van der Waals surface area contributed by atoms with Crippen LogP contribution in [-0.2, 0) is 38.8 Å². The molecule has 2 aliphatic carbocycles. The van der Waals surface area contributed by atoms with Gasteiger partial charge >= 0.3 is 0 Å². The molecule has 0 bridgehead atoms. The van der Waals surface area contributed by atoms with Crippen LogP contribution in [0.4, 0.5) is 0 Å². The number of oxime groups is 2. The number of amidine groups is 2. The van der Waals surface area contributed by atoms with Gasteiger partial charge in [0.15, 0.2) is 46.2 Å². The Morgan fingerprint density at radius 1 is 0.631 bits per heavy atom. The first-order chi connectivity index (χ1) is 31.1. The van der Waals surface area contributed by atoms with Crippen LogP contribution in [0, 0.1) is 13.8 Å². The zero-order valence-electron chi connectivity index (χ0n) is 40.2. The van der Waals surface area contributed by atoms with Crippen molar-refractivity contribution in [1.29, 1.82) is 0 Å². The third-order valence-corrected chi connectivity index (χ3v) is 15.0. The molecule has 1 spiro atoms. The Labute approximate surface area is 384 Å². The molecule has 8 rings (SSSR count). The molecule has 5 aliphatic rings. The fourth-order valence-corrected chi connectivity index (χ4v) is 11.9. The molecule has 16 heteroatoms. The number of ether oxygens (including phenoxy) is 6. The Morgan fingerprint density at radius 3 is 1.54 bits per heavy atom. The van der Waals surface area contributed by atoms with E-state index in [0.717, 1.165) is 102 Å². The first kappa shape index (κ1) is 46.7. The van der Waals surface area contributed by atoms with Crippen LogP contribution in [0.25, 0.3) is 0 Å². The third-order valence-electron chi connectivity index (χ3n) is 15.0. The summed E-state index contributed by atoms with van der Waals surface area (Å²) in [6.45, 7) is 24.9. The molecular formula is C49H70N8O8. The second kappa shape index (κ2) is 18.1. The maximum Gasteiger partial charge on any atom is 0.182 e. The molecule has 0 aromatic heterocycles. The average Bonchev–Trinajstić information content (AvgIpc) is 3.66. The number of fused-ring (bicyclic) bond motifs is 6. The number of methoxy groups -OCH3 is 4. The summed E-state index contributed by atoms with van der Waals surface area (Å²) in [6.07, 6.45) is 1.70. The van der Waals surface area contributed by atoms with Gasteiger partial charge in [0.2, 0.25) is 0 Å². The van der Waals surface area contributed by atoms with Crippen LogP contribution in [-0.4, -0.2) is 149 Å². The second-order valence-corrected chi connectivity index (χ2v) is 19.9. The van der Waals surface area contributed by atoms with Crippen LogP contribution >= 0.6 is 0 Å². The first-order valence-corrected chi connectivity index (χ1v) is 22.9. The van der Waals surface area contributed by atoms with Gasteiger partial charge in [-0.3, -0.25) is 19.6 Å². The summed E-state index contributed by atoms with van der Waals surface area (Å²) in [7, 11) is 7.01. The average molecular weight is 899 g/mol. The molecule has 6 N–H and O–H groups in total. The Balaban J connectivity index is 1.36. The number of benzene rings is 3. The van der Waals surface area contributed by atoms with E-state index in [4.69, 9.17) is 39.9 Å². The number of hydrogen-bond donors (Lipinski definition) is 4. The molecule has 2 fully saturated rings. The summed E-state index contributed by atoms with van der Waals surface area (Å²) in [5, 5.41) is 27.0. The van der Waals surface area contributed by atoms with Crippen molar-refractivity contribution in [2.75, 3.05) is 107 Å². The number of piperazine rings is 2. The zero-order valence-corrected chi connectivity index (χ0v) is 40.2. The van der Waals surface area contributed by atoms with Crippen molar-refractivity contribution in [2.45, 2.75) is 83.7 Å². The van der Waals surface area contributed by atoms with E-state index in [1.165, 1.54) is 27.8 Å². The Kier molecular flexibility index (Phi) is 13.0. The fourth-order valence-electron chi connectivity index (χ4n) is 11.9. The van der Waals surface area contributed by atoms with Gasteiger partial charge in [-0.15, -0.1) is 0 Å². The van der Waals surface area contributed by atoms with Crippen LogP contribution in [0.5, 0.6) is 34.5 Å². The summed E-state index contributed by atoms with van der Waals surface area (Å²) < 4.78 is 37.7. The van der Waals surface area contributed by atoms with E-state index < -0.39 is 5.41 Å². The maximum absolute atomic E-state index is 10.1. The summed E-state index contributed by atoms with van der Waals surface area (Å²) in [5.41, 5.74) is 21.2. The predicted molar refractivity (Wildman–Crippen MR) is 250 cm³/mol. The van der Waals surface area contributed by atoms with Crippen molar-refractivity contribution in [3.63, 3.8) is 0 Å². The summed E-state index contributed by atoms with van der Waals surface area (Å²) in [4.78, 5) is 10.0. The van der Waals surface area contributed by atoms with E-state index in [0.29, 0.717) is 53.4 Å². The van der Waals surface area contributed by atoms with Gasteiger partial charge in [-0.1, -0.05) is 38.0 Å². The van der Waals surface area contributed by atoms with Gasteiger partial charge < -0.3 is 50.3 Å². The molecule has 1 unspecified atom stereocenters. The molecule has 3 aromatic rings. The highest BCUT2D eigenvalue weighted by molar-refractivity contribution is 6.08. The van der Waals surface area contributed by atoms with Crippen molar-refractivity contribution in [3.8, 4) is 34.5 Å². The highest BCUT2D eigenvalue weighted by Gasteiger charge is 2.60. The van der Waals surface area contributed by atoms with Crippen LogP contribution in [0.2, 0.25) is 0 Å². The van der Waals surface area contributed by atoms with E-state index >= 15 is 0 Å². The molecular weight excluding hydrogens is 829 g/mol. The lowest BCUT2D eigenvalue weighted by atomic mass is 9.70. The van der Waals surface area contributed by atoms with Crippen LogP contribution in [0.1, 0.15) is 96.2 Å². The minimum atomic E-state index is -0.460. The molecule has 3 aromatic carbocycles. The second-order valence-electron chi connectivity index (χ2n) is 19.9. The number of rotatable bonds is 14. The lowest BCUT2D eigenvalue weighted by Gasteiger charge is -2.39. The van der Waals surface area contributed by atoms with E-state index in [1.54, 1.807) is 28.4 Å². The third kappa shape index (κ3) is 8.03. The van der Waals surface area contributed by atoms with E-state index in [2.05, 4.69) is 69.7 Å². The van der Waals surface area contributed by atoms with Gasteiger partial charge in [-0.05, 0) is 83.0 Å². The summed E-state index contributed by atoms with van der Waals surface area (Å²) in [6, 6.07) is 4.39. The van der Waals surface area contributed by atoms with Gasteiger partial charge in [0, 0.05) is 109 Å². The number of hydrogen-bond acceptors (Lipinski definition) is 14. The first-order valence-electron chi connectivity index (χ1n) is 22.9. The molecule has 16 nitrogen and oxygen atoms in total. The standard InChI is InChI=1S/C49H70N8O8/c1-29-30(2)38(46(51)53-59)44-43(37(29)45(50)52-58)64-36-24-34-40(32(42(36)65-44)26-57-17-13-55(14-18-57)20-22-61-8)49(28-48(34,5)6)27-47(3,4)33-23-35(62-9)41(63-10)31(39(33)49)25-56-15-11-54(12-16-56)19-21-60-7/h23-24,58-59H,11-22,25-28H2,1-10H3,(H2,50,52)(H2,51,53). The van der Waals surface area contributed by atoms with Crippen molar-refractivity contribution >= 4 is 11.7 Å². The molecule has 3 heterocycles. The highest BCUT2D eigenvalue weighted by Crippen LogP contribution is 2.68. The molecule has 354 valence electrons. The quantitative estimate of drug-likeness (QED) is 0.0532. The Morgan fingerprint density at radius 2 is 1.08 bits per heavy atom. The van der Waals surface area contributed by atoms with Crippen LogP contribution in [0.3, 0.4) is 0 Å². The van der Waals surface area contributed by atoms with Crippen molar-refractivity contribution in [2.24, 2.45) is 21.8 Å². The SMILES string of the molecule is COCCN1CCN(Cc2c(OC)c(OC)cc3c2C2(CC3(C)C)CC(C)(C)c3cc4c(c(CN5CCN(CCOC)CC5)c32)Oc2c(c(/C(N)=N/O)c(C)c(C)c2/C(N)=N/O)O4)CC1. The minimum absolute atomic E-state index is 0.134. The lowest BCUT2D eigenvalue weighted by Crippen LogP contribution is -2.47. The fraction of sp³-hybridized carbons (Fsp3) is 0.592. The van der Waals surface area contributed by atoms with Crippen molar-refractivity contribution < 1.29 is 38.8 Å². The van der Waals surface area contributed by atoms with Crippen molar-refractivity contribution in [3.05, 3.63) is 67.8 Å². The summed E-state index contributed by atoms with van der Waals surface area (Å²) >= 11 is 0. The molecule has 0 radical (unpaired) electrons. The topological polar surface area (TPSA) is 186 Å². The molecule has 0 amide bonds. The minimum Gasteiger partial charge on any atom is -0.493 e. The summed E-state index contributed by atoms with van der Waals surface area (Å²) in [5.74, 6) is 2.86. The van der Waals surface area contributed by atoms with Gasteiger partial charge in [0.25, 0.3) is 0 Å². The number of nitrogens with two attached hydrogens (primary N) is 2. The smallest absolute Gasteiger partial charge is 0.182 e. The molecule has 2 saturated heterocycles.